The van der Waals surface area contributed by atoms with E-state index >= 15 is 0 Å². The number of rotatable bonds is 5. The molecule has 0 aliphatic carbocycles. The van der Waals surface area contributed by atoms with Crippen molar-refractivity contribution in [1.29, 1.82) is 0 Å². The van der Waals surface area contributed by atoms with Gasteiger partial charge in [-0.15, -0.1) is 0 Å². The predicted molar refractivity (Wildman–Crippen MR) is 70.8 cm³/mol. The van der Waals surface area contributed by atoms with Gasteiger partial charge in [0.05, 0.1) is 5.69 Å². The van der Waals surface area contributed by atoms with Crippen molar-refractivity contribution in [2.45, 2.75) is 45.3 Å². The largest absolute Gasteiger partial charge is 0.313 e. The van der Waals surface area contributed by atoms with Gasteiger partial charge in [0.15, 0.2) is 0 Å². The Hall–Kier alpha value is -0.930. The maximum absolute atomic E-state index is 4.41. The minimum absolute atomic E-state index is 0.569. The monoisotopic (exact) mass is 233 g/mol. The smallest absolute Gasteiger partial charge is 0.0544 e. The van der Waals surface area contributed by atoms with E-state index in [4.69, 9.17) is 0 Å². The SMILES string of the molecule is CC(C)N(Cc1ccccn1)CC1CCCN1. The number of hydrogen-bond donors (Lipinski definition) is 1. The molecule has 0 aromatic carbocycles. The van der Waals surface area contributed by atoms with Gasteiger partial charge in [-0.2, -0.15) is 0 Å². The highest BCUT2D eigenvalue weighted by atomic mass is 15.2. The summed E-state index contributed by atoms with van der Waals surface area (Å²) in [5.41, 5.74) is 1.17. The standard InChI is InChI=1S/C14H23N3/c1-12(2)17(11-14-7-5-9-16-14)10-13-6-3-4-8-15-13/h3-4,6,8,12,14,16H,5,7,9-11H2,1-2H3. The van der Waals surface area contributed by atoms with E-state index in [1.807, 2.05) is 12.3 Å². The Bertz CT molecular complexity index is 317. The second kappa shape index (κ2) is 6.12. The molecule has 2 heterocycles. The van der Waals surface area contributed by atoms with E-state index in [1.165, 1.54) is 25.1 Å². The van der Waals surface area contributed by atoms with Crippen LogP contribution >= 0.6 is 0 Å². The predicted octanol–water partition coefficient (Wildman–Crippen LogP) is 2.04. The van der Waals surface area contributed by atoms with Crippen LogP contribution in [-0.4, -0.2) is 35.1 Å². The van der Waals surface area contributed by atoms with Gasteiger partial charge in [0, 0.05) is 31.4 Å². The summed E-state index contributed by atoms with van der Waals surface area (Å²) in [6.45, 7) is 7.79. The minimum Gasteiger partial charge on any atom is -0.313 e. The summed E-state index contributed by atoms with van der Waals surface area (Å²) in [4.78, 5) is 6.92. The zero-order chi connectivity index (χ0) is 12.1. The Morgan fingerprint density at radius 2 is 2.35 bits per heavy atom. The molecule has 1 aromatic heterocycles. The number of hydrogen-bond acceptors (Lipinski definition) is 3. The van der Waals surface area contributed by atoms with Crippen LogP contribution in [0.5, 0.6) is 0 Å². The minimum atomic E-state index is 0.569. The summed E-state index contributed by atoms with van der Waals surface area (Å²) < 4.78 is 0. The summed E-state index contributed by atoms with van der Waals surface area (Å²) in [5.74, 6) is 0. The molecule has 1 N–H and O–H groups in total. The lowest BCUT2D eigenvalue weighted by atomic mass is 10.2. The van der Waals surface area contributed by atoms with Crippen molar-refractivity contribution in [3.63, 3.8) is 0 Å². The van der Waals surface area contributed by atoms with Crippen LogP contribution in [0.4, 0.5) is 0 Å². The third-order valence-electron chi connectivity index (χ3n) is 3.44. The fourth-order valence-electron chi connectivity index (χ4n) is 2.35. The Balaban J connectivity index is 1.92. The van der Waals surface area contributed by atoms with Gasteiger partial charge in [-0.1, -0.05) is 6.07 Å². The third kappa shape index (κ3) is 3.79. The van der Waals surface area contributed by atoms with Gasteiger partial charge in [0.25, 0.3) is 0 Å². The Morgan fingerprint density at radius 3 is 2.94 bits per heavy atom. The average Bonchev–Trinajstić information content (AvgIpc) is 2.82. The van der Waals surface area contributed by atoms with Crippen LogP contribution in [0.3, 0.4) is 0 Å². The molecule has 1 aliphatic heterocycles. The van der Waals surface area contributed by atoms with Crippen LogP contribution in [0, 0.1) is 0 Å². The first kappa shape index (κ1) is 12.5. The second-order valence-corrected chi connectivity index (χ2v) is 5.14. The molecule has 2 rings (SSSR count). The maximum atomic E-state index is 4.41. The average molecular weight is 233 g/mol. The topological polar surface area (TPSA) is 28.2 Å². The van der Waals surface area contributed by atoms with Crippen molar-refractivity contribution in [3.05, 3.63) is 30.1 Å². The van der Waals surface area contributed by atoms with Gasteiger partial charge in [-0.05, 0) is 45.4 Å². The fourth-order valence-corrected chi connectivity index (χ4v) is 2.35. The molecule has 0 radical (unpaired) electrons. The van der Waals surface area contributed by atoms with Crippen molar-refractivity contribution < 1.29 is 0 Å². The lowest BCUT2D eigenvalue weighted by Crippen LogP contribution is -2.40. The Labute approximate surface area is 104 Å². The van der Waals surface area contributed by atoms with E-state index in [1.54, 1.807) is 0 Å². The molecule has 1 saturated heterocycles. The quantitative estimate of drug-likeness (QED) is 0.843. The highest BCUT2D eigenvalue weighted by Crippen LogP contribution is 2.11. The number of nitrogens with one attached hydrogen (secondary N) is 1. The van der Waals surface area contributed by atoms with Crippen molar-refractivity contribution in [2.24, 2.45) is 0 Å². The number of nitrogens with zero attached hydrogens (tertiary/aromatic N) is 2. The molecule has 1 unspecified atom stereocenters. The van der Waals surface area contributed by atoms with Crippen molar-refractivity contribution in [1.82, 2.24) is 15.2 Å². The highest BCUT2D eigenvalue weighted by molar-refractivity contribution is 5.03. The molecule has 3 nitrogen and oxygen atoms in total. The van der Waals surface area contributed by atoms with Gasteiger partial charge in [0.2, 0.25) is 0 Å². The van der Waals surface area contributed by atoms with E-state index in [2.05, 4.69) is 41.2 Å². The summed E-state index contributed by atoms with van der Waals surface area (Å²) in [6.07, 6.45) is 4.51. The van der Waals surface area contributed by atoms with E-state index in [9.17, 15) is 0 Å². The Kier molecular flexibility index (Phi) is 4.51. The molecule has 94 valence electrons. The molecular weight excluding hydrogens is 210 g/mol. The molecule has 0 amide bonds. The zero-order valence-corrected chi connectivity index (χ0v) is 10.9. The summed E-state index contributed by atoms with van der Waals surface area (Å²) in [5, 5.41) is 3.57. The Morgan fingerprint density at radius 1 is 1.47 bits per heavy atom. The van der Waals surface area contributed by atoms with Crippen LogP contribution in [0.15, 0.2) is 24.4 Å². The molecule has 1 aromatic rings. The summed E-state index contributed by atoms with van der Waals surface area (Å²) >= 11 is 0. The maximum Gasteiger partial charge on any atom is 0.0544 e. The van der Waals surface area contributed by atoms with Crippen LogP contribution in [0.25, 0.3) is 0 Å². The first-order valence-electron chi connectivity index (χ1n) is 6.63. The summed E-state index contributed by atoms with van der Waals surface area (Å²) in [7, 11) is 0. The van der Waals surface area contributed by atoms with E-state index in [0.717, 1.165) is 13.1 Å². The molecule has 1 atom stereocenters. The first-order valence-corrected chi connectivity index (χ1v) is 6.63. The number of aromatic nitrogens is 1. The van der Waals surface area contributed by atoms with Crippen molar-refractivity contribution in [3.8, 4) is 0 Å². The second-order valence-electron chi connectivity index (χ2n) is 5.14. The molecule has 17 heavy (non-hydrogen) atoms. The van der Waals surface area contributed by atoms with Crippen LogP contribution in [-0.2, 0) is 6.54 Å². The van der Waals surface area contributed by atoms with Gasteiger partial charge in [0.1, 0.15) is 0 Å². The molecular formula is C14H23N3. The molecule has 1 fully saturated rings. The molecule has 3 heteroatoms. The van der Waals surface area contributed by atoms with Gasteiger partial charge in [-0.25, -0.2) is 0 Å². The van der Waals surface area contributed by atoms with Crippen molar-refractivity contribution in [2.75, 3.05) is 13.1 Å². The number of pyridine rings is 1. The lowest BCUT2D eigenvalue weighted by Gasteiger charge is -2.28. The molecule has 0 bridgehead atoms. The zero-order valence-electron chi connectivity index (χ0n) is 10.9. The van der Waals surface area contributed by atoms with E-state index < -0.39 is 0 Å². The lowest BCUT2D eigenvalue weighted by molar-refractivity contribution is 0.192. The normalized spacial score (nSPS) is 20.4. The first-order chi connectivity index (χ1) is 8.25. The van der Waals surface area contributed by atoms with E-state index in [-0.39, 0.29) is 0 Å². The summed E-state index contributed by atoms with van der Waals surface area (Å²) in [6, 6.07) is 7.38. The fraction of sp³-hybridized carbons (Fsp3) is 0.643. The van der Waals surface area contributed by atoms with Crippen LogP contribution < -0.4 is 5.32 Å². The van der Waals surface area contributed by atoms with Gasteiger partial charge >= 0.3 is 0 Å². The van der Waals surface area contributed by atoms with E-state index in [0.29, 0.717) is 12.1 Å². The molecule has 0 saturated carbocycles. The van der Waals surface area contributed by atoms with Crippen molar-refractivity contribution >= 4 is 0 Å². The van der Waals surface area contributed by atoms with Gasteiger partial charge < -0.3 is 5.32 Å². The van der Waals surface area contributed by atoms with Gasteiger partial charge in [-0.3, -0.25) is 9.88 Å². The molecule has 1 aliphatic rings. The van der Waals surface area contributed by atoms with Crippen LogP contribution in [0.1, 0.15) is 32.4 Å². The highest BCUT2D eigenvalue weighted by Gasteiger charge is 2.19. The third-order valence-corrected chi connectivity index (χ3v) is 3.44. The van der Waals surface area contributed by atoms with Crippen LogP contribution in [0.2, 0.25) is 0 Å². The molecule has 0 spiro atoms.